The summed E-state index contributed by atoms with van der Waals surface area (Å²) in [5, 5.41) is 7.82. The van der Waals surface area contributed by atoms with Crippen molar-refractivity contribution in [3.63, 3.8) is 0 Å². The molecule has 1 aromatic heterocycles. The number of pyridine rings is 1. The Kier molecular flexibility index (Phi) is 10.7. The van der Waals surface area contributed by atoms with Crippen molar-refractivity contribution in [2.75, 3.05) is 18.8 Å². The predicted molar refractivity (Wildman–Crippen MR) is 117 cm³/mol. The van der Waals surface area contributed by atoms with Gasteiger partial charge >= 0.3 is 0 Å². The van der Waals surface area contributed by atoms with Crippen molar-refractivity contribution in [1.29, 1.82) is 0 Å². The van der Waals surface area contributed by atoms with Crippen LogP contribution in [0.5, 0.6) is 0 Å². The molecule has 2 N–H and O–H groups in total. The largest absolute Gasteiger partial charge is 0.357 e. The van der Waals surface area contributed by atoms with E-state index in [0.29, 0.717) is 6.04 Å². The number of hydrogen-bond donors (Lipinski definition) is 2. The second-order valence-corrected chi connectivity index (χ2v) is 7.62. The van der Waals surface area contributed by atoms with Crippen molar-refractivity contribution in [3.8, 4) is 0 Å². The smallest absolute Gasteiger partial charge is 0.191 e. The summed E-state index contributed by atoms with van der Waals surface area (Å²) in [5.41, 5.74) is 2.58. The SMILES string of the molecule is CCNC(=NCCc1ccncc1C)NC1CCC(SCC)C1.I. The summed E-state index contributed by atoms with van der Waals surface area (Å²) in [6.45, 7) is 8.19. The van der Waals surface area contributed by atoms with Gasteiger partial charge in [0.2, 0.25) is 0 Å². The van der Waals surface area contributed by atoms with Gasteiger partial charge in [-0.1, -0.05) is 6.92 Å². The molecular weight excluding hydrogens is 431 g/mol. The van der Waals surface area contributed by atoms with Crippen LogP contribution in [0.3, 0.4) is 0 Å². The van der Waals surface area contributed by atoms with Gasteiger partial charge in [-0.3, -0.25) is 9.98 Å². The lowest BCUT2D eigenvalue weighted by Gasteiger charge is -2.17. The van der Waals surface area contributed by atoms with Crippen molar-refractivity contribution < 1.29 is 0 Å². The first kappa shape index (κ1) is 21.5. The van der Waals surface area contributed by atoms with E-state index in [2.05, 4.69) is 54.2 Å². The lowest BCUT2D eigenvalue weighted by atomic mass is 10.1. The van der Waals surface area contributed by atoms with Gasteiger partial charge in [-0.15, -0.1) is 24.0 Å². The van der Waals surface area contributed by atoms with Gasteiger partial charge in [0.15, 0.2) is 5.96 Å². The molecule has 1 aliphatic carbocycles. The second kappa shape index (κ2) is 12.0. The third-order valence-electron chi connectivity index (χ3n) is 4.26. The first-order valence-corrected chi connectivity index (χ1v) is 9.83. The van der Waals surface area contributed by atoms with Crippen molar-refractivity contribution >= 4 is 41.7 Å². The monoisotopic (exact) mass is 462 g/mol. The highest BCUT2D eigenvalue weighted by atomic mass is 127. The second-order valence-electron chi connectivity index (χ2n) is 6.04. The molecule has 0 aromatic carbocycles. The highest BCUT2D eigenvalue weighted by Crippen LogP contribution is 2.29. The summed E-state index contributed by atoms with van der Waals surface area (Å²) in [6, 6.07) is 2.66. The summed E-state index contributed by atoms with van der Waals surface area (Å²) < 4.78 is 0. The number of nitrogens with one attached hydrogen (secondary N) is 2. The van der Waals surface area contributed by atoms with E-state index in [1.54, 1.807) is 0 Å². The molecule has 0 saturated heterocycles. The number of nitrogens with zero attached hydrogens (tertiary/aromatic N) is 2. The Bertz CT molecular complexity index is 510. The average molecular weight is 462 g/mol. The number of rotatable bonds is 7. The molecule has 1 saturated carbocycles. The van der Waals surface area contributed by atoms with Crippen molar-refractivity contribution in [1.82, 2.24) is 15.6 Å². The molecule has 0 amide bonds. The van der Waals surface area contributed by atoms with Gasteiger partial charge in [0.25, 0.3) is 0 Å². The maximum absolute atomic E-state index is 4.75. The van der Waals surface area contributed by atoms with Crippen LogP contribution < -0.4 is 10.6 Å². The normalized spacial score (nSPS) is 20.5. The lowest BCUT2D eigenvalue weighted by molar-refractivity contribution is 0.615. The van der Waals surface area contributed by atoms with Crippen LogP contribution in [0.25, 0.3) is 0 Å². The van der Waals surface area contributed by atoms with E-state index < -0.39 is 0 Å². The number of aliphatic imine (C=N–C) groups is 1. The zero-order chi connectivity index (χ0) is 16.5. The maximum atomic E-state index is 4.75. The van der Waals surface area contributed by atoms with Crippen molar-refractivity contribution in [2.24, 2.45) is 4.99 Å². The van der Waals surface area contributed by atoms with E-state index in [4.69, 9.17) is 4.99 Å². The molecule has 2 unspecified atom stereocenters. The van der Waals surface area contributed by atoms with Gasteiger partial charge in [-0.25, -0.2) is 0 Å². The Hall–Kier alpha value is -0.500. The van der Waals surface area contributed by atoms with Crippen LogP contribution in [0, 0.1) is 6.92 Å². The number of halogens is 1. The fraction of sp³-hybridized carbons (Fsp3) is 0.667. The number of thioether (sulfide) groups is 1. The molecule has 0 radical (unpaired) electrons. The van der Waals surface area contributed by atoms with E-state index in [1.165, 1.54) is 36.1 Å². The maximum Gasteiger partial charge on any atom is 0.191 e. The Labute approximate surface area is 168 Å². The van der Waals surface area contributed by atoms with Crippen molar-refractivity contribution in [3.05, 3.63) is 29.6 Å². The topological polar surface area (TPSA) is 49.3 Å². The highest BCUT2D eigenvalue weighted by molar-refractivity contribution is 14.0. The number of guanidine groups is 1. The fourth-order valence-electron chi connectivity index (χ4n) is 3.04. The minimum absolute atomic E-state index is 0. The summed E-state index contributed by atoms with van der Waals surface area (Å²) in [5.74, 6) is 2.18. The van der Waals surface area contributed by atoms with Gasteiger partial charge < -0.3 is 10.6 Å². The average Bonchev–Trinajstić information content (AvgIpc) is 2.97. The molecule has 24 heavy (non-hydrogen) atoms. The van der Waals surface area contributed by atoms with Gasteiger partial charge in [-0.05, 0) is 62.5 Å². The Morgan fingerprint density at radius 3 is 2.92 bits per heavy atom. The third-order valence-corrected chi connectivity index (χ3v) is 5.49. The van der Waals surface area contributed by atoms with Crippen LogP contribution in [0.4, 0.5) is 0 Å². The zero-order valence-corrected chi connectivity index (χ0v) is 18.2. The summed E-state index contributed by atoms with van der Waals surface area (Å²) in [4.78, 5) is 8.90. The summed E-state index contributed by atoms with van der Waals surface area (Å²) in [6.07, 6.45) is 8.58. The molecule has 0 spiro atoms. The molecule has 2 atom stereocenters. The first-order chi connectivity index (χ1) is 11.2. The first-order valence-electron chi connectivity index (χ1n) is 8.78. The van der Waals surface area contributed by atoms with Crippen LogP contribution in [-0.2, 0) is 6.42 Å². The quantitative estimate of drug-likeness (QED) is 0.368. The minimum Gasteiger partial charge on any atom is -0.357 e. The van der Waals surface area contributed by atoms with Crippen LogP contribution in [0.1, 0.15) is 44.2 Å². The van der Waals surface area contributed by atoms with Crippen LogP contribution >= 0.6 is 35.7 Å². The molecule has 0 aliphatic heterocycles. The van der Waals surface area contributed by atoms with Gasteiger partial charge in [0.05, 0.1) is 0 Å². The molecule has 6 heteroatoms. The fourth-order valence-corrected chi connectivity index (χ4v) is 4.19. The molecular formula is C18H31IN4S. The van der Waals surface area contributed by atoms with E-state index in [-0.39, 0.29) is 24.0 Å². The molecule has 1 aromatic rings. The van der Waals surface area contributed by atoms with Gasteiger partial charge in [0, 0.05) is 36.8 Å². The number of aromatic nitrogens is 1. The van der Waals surface area contributed by atoms with E-state index >= 15 is 0 Å². The number of hydrogen-bond acceptors (Lipinski definition) is 3. The number of aryl methyl sites for hydroxylation is 1. The molecule has 1 aliphatic rings. The van der Waals surface area contributed by atoms with Crippen LogP contribution in [0.15, 0.2) is 23.5 Å². The summed E-state index contributed by atoms with van der Waals surface area (Å²) >= 11 is 2.09. The molecule has 1 heterocycles. The summed E-state index contributed by atoms with van der Waals surface area (Å²) in [7, 11) is 0. The van der Waals surface area contributed by atoms with Gasteiger partial charge in [-0.2, -0.15) is 11.8 Å². The van der Waals surface area contributed by atoms with Crippen LogP contribution in [-0.4, -0.2) is 41.1 Å². The van der Waals surface area contributed by atoms with E-state index in [9.17, 15) is 0 Å². The molecule has 0 bridgehead atoms. The zero-order valence-electron chi connectivity index (χ0n) is 15.0. The Morgan fingerprint density at radius 2 is 2.21 bits per heavy atom. The molecule has 2 rings (SSSR count). The highest BCUT2D eigenvalue weighted by Gasteiger charge is 2.24. The van der Waals surface area contributed by atoms with Crippen molar-refractivity contribution in [2.45, 2.75) is 57.7 Å². The van der Waals surface area contributed by atoms with Gasteiger partial charge in [0.1, 0.15) is 0 Å². The predicted octanol–water partition coefficient (Wildman–Crippen LogP) is 3.78. The molecule has 1 fully saturated rings. The lowest BCUT2D eigenvalue weighted by Crippen LogP contribution is -2.42. The Morgan fingerprint density at radius 1 is 1.38 bits per heavy atom. The minimum atomic E-state index is 0. The van der Waals surface area contributed by atoms with Crippen LogP contribution in [0.2, 0.25) is 0 Å². The van der Waals surface area contributed by atoms with E-state index in [1.807, 2.05) is 12.4 Å². The standard InChI is InChI=1S/C18H30N4S.HI/c1-4-20-18(22-16-6-7-17(12-16)23-5-2)21-11-9-15-8-10-19-13-14(15)3;/h8,10,13,16-17H,4-7,9,11-12H2,1-3H3,(H2,20,21,22);1H. The molecule has 4 nitrogen and oxygen atoms in total. The Balaban J connectivity index is 0.00000288. The van der Waals surface area contributed by atoms with E-state index in [0.717, 1.165) is 30.7 Å². The third kappa shape index (κ3) is 7.17. The molecule has 136 valence electrons.